The van der Waals surface area contributed by atoms with Gasteiger partial charge in [0.1, 0.15) is 11.5 Å². The first-order chi connectivity index (χ1) is 28.1. The number of hydrogen-bond donors (Lipinski definition) is 6. The van der Waals surface area contributed by atoms with Crippen LogP contribution in [0.4, 0.5) is 0 Å². The molecule has 8 N–H and O–H groups in total. The van der Waals surface area contributed by atoms with Crippen molar-refractivity contribution >= 4 is 53.0 Å². The summed E-state index contributed by atoms with van der Waals surface area (Å²) in [7, 11) is 0. The molecule has 0 aromatic heterocycles. The summed E-state index contributed by atoms with van der Waals surface area (Å²) in [5, 5.41) is 27.9. The quantitative estimate of drug-likeness (QED) is 0.0715. The van der Waals surface area contributed by atoms with Crippen LogP contribution >= 0.6 is 0 Å². The Balaban J connectivity index is 2.25. The highest BCUT2D eigenvalue weighted by Crippen LogP contribution is 2.23. The minimum absolute atomic E-state index is 0.0221. The van der Waals surface area contributed by atoms with E-state index in [1.807, 2.05) is 13.8 Å². The van der Waals surface area contributed by atoms with Crippen LogP contribution in [0.25, 0.3) is 5.73 Å². The third-order valence-corrected chi connectivity index (χ3v) is 10.5. The second-order valence-corrected chi connectivity index (χ2v) is 16.9. The normalized spacial score (nSPS) is 16.0. The molecule has 16 nitrogen and oxygen atoms in total. The summed E-state index contributed by atoms with van der Waals surface area (Å²) in [5.41, 5.74) is 14.9. The first-order valence-electron chi connectivity index (χ1n) is 20.7. The minimum Gasteiger partial charge on any atom is -0.667 e. The Morgan fingerprint density at radius 3 is 1.83 bits per heavy atom. The highest BCUT2D eigenvalue weighted by atomic mass is 16.3. The van der Waals surface area contributed by atoms with Crippen LogP contribution < -0.4 is 21.7 Å². The number of primary amides is 1. The van der Waals surface area contributed by atoms with Crippen molar-refractivity contribution in [3.05, 3.63) is 47.3 Å². The van der Waals surface area contributed by atoms with Crippen molar-refractivity contribution in [1.82, 2.24) is 16.0 Å². The molecule has 0 saturated heterocycles. The number of carbonyl (C=O) groups is 8. The molecule has 1 aromatic carbocycles. The van der Waals surface area contributed by atoms with E-state index in [1.54, 1.807) is 52.1 Å². The number of amides is 4. The van der Waals surface area contributed by atoms with Gasteiger partial charge in [0.05, 0.1) is 30.7 Å². The number of Topliss-reactive ketones (excluding diaryl/α,β-unsaturated/α-hetero) is 4. The topological polar surface area (TPSA) is 275 Å². The molecule has 7 unspecified atom stereocenters. The zero-order chi connectivity index (χ0) is 45.3. The van der Waals surface area contributed by atoms with Crippen LogP contribution in [0, 0.1) is 35.5 Å². The SMILES string of the molecule is CC(=O)C(CC(=O)C(CC(C)C)NC(=O)C(CCC(N)=O)CC(=O)C(NC(=O)C(CO)CC(=O)C(CC1=CCC=N1)NC(=O)C([NH-])C(C)C)C(C)C)Cc1ccc(O)cc1. The van der Waals surface area contributed by atoms with E-state index in [0.29, 0.717) is 12.1 Å². The number of benzene rings is 1. The lowest BCUT2D eigenvalue weighted by Gasteiger charge is -2.28. The number of allylic oxidation sites excluding steroid dienone is 1. The van der Waals surface area contributed by atoms with Crippen LogP contribution in [0.15, 0.2) is 41.0 Å². The number of nitrogens with two attached hydrogens (primary N) is 1. The standard InChI is InChI=1S/C44H65N6O10/c1-24(2)17-34(36(54)20-30(27(7)52)18-28-10-13-33(53)14-11-28)48-42(58)29(12-15-39(45)57)19-38(56)41(26(5)6)50-43(59)31(23-51)21-37(55)35(22-32-9-8-16-47-32)49-44(60)40(46)25(3)4/h9-11,13-14,16,24-26,29-31,34-35,40-41,46,51,53H,8,12,15,17-23H2,1-7H3,(H2,45,57)(H,48,58)(H,49,60)(H,50,59)/q-1. The monoisotopic (exact) mass is 837 g/mol. The zero-order valence-corrected chi connectivity index (χ0v) is 36.0. The molecule has 1 aromatic rings. The maximum Gasteiger partial charge on any atom is 0.226 e. The van der Waals surface area contributed by atoms with E-state index in [2.05, 4.69) is 20.9 Å². The van der Waals surface area contributed by atoms with Gasteiger partial charge in [-0.15, -0.1) is 0 Å². The molecule has 7 atom stereocenters. The fraction of sp³-hybridized carbons (Fsp3) is 0.614. The maximum absolute atomic E-state index is 13.9. The number of rotatable bonds is 28. The van der Waals surface area contributed by atoms with Gasteiger partial charge in [-0.2, -0.15) is 0 Å². The summed E-state index contributed by atoms with van der Waals surface area (Å²) >= 11 is 0. The van der Waals surface area contributed by atoms with Gasteiger partial charge in [0.15, 0.2) is 17.3 Å². The largest absolute Gasteiger partial charge is 0.667 e. The lowest BCUT2D eigenvalue weighted by molar-refractivity contribution is -0.137. The van der Waals surface area contributed by atoms with Gasteiger partial charge in [0.2, 0.25) is 23.6 Å². The molecule has 332 valence electrons. The Morgan fingerprint density at radius 2 is 1.32 bits per heavy atom. The molecule has 4 amide bonds. The van der Waals surface area contributed by atoms with Gasteiger partial charge in [-0.3, -0.25) is 43.3 Å². The summed E-state index contributed by atoms with van der Waals surface area (Å²) in [6.07, 6.45) is 2.97. The number of phenolic OH excluding ortho intramolecular Hbond substituents is 1. The van der Waals surface area contributed by atoms with Crippen molar-refractivity contribution in [1.29, 1.82) is 0 Å². The summed E-state index contributed by atoms with van der Waals surface area (Å²) in [6.45, 7) is 11.1. The maximum atomic E-state index is 13.9. The molecule has 0 saturated carbocycles. The summed E-state index contributed by atoms with van der Waals surface area (Å²) in [6, 6.07) is 1.82. The van der Waals surface area contributed by atoms with Crippen LogP contribution in [-0.4, -0.2) is 94.0 Å². The second kappa shape index (κ2) is 24.9. The van der Waals surface area contributed by atoms with Crippen molar-refractivity contribution in [2.24, 2.45) is 46.2 Å². The predicted octanol–water partition coefficient (Wildman–Crippen LogP) is 3.49. The van der Waals surface area contributed by atoms with Crippen molar-refractivity contribution in [3.63, 3.8) is 0 Å². The van der Waals surface area contributed by atoms with Gasteiger partial charge < -0.3 is 37.6 Å². The fourth-order valence-electron chi connectivity index (χ4n) is 6.79. The average molecular weight is 838 g/mol. The highest BCUT2D eigenvalue weighted by molar-refractivity contribution is 5.97. The molecular formula is C44H65N6O10-. The van der Waals surface area contributed by atoms with E-state index in [4.69, 9.17) is 11.5 Å². The van der Waals surface area contributed by atoms with Crippen molar-refractivity contribution in [2.75, 3.05) is 6.61 Å². The summed E-state index contributed by atoms with van der Waals surface area (Å²) < 4.78 is 0. The lowest BCUT2D eigenvalue weighted by atomic mass is 9.86. The van der Waals surface area contributed by atoms with Gasteiger partial charge in [-0.25, -0.2) is 0 Å². The van der Waals surface area contributed by atoms with E-state index in [-0.39, 0.29) is 67.7 Å². The molecule has 0 fully saturated rings. The second-order valence-electron chi connectivity index (χ2n) is 16.9. The van der Waals surface area contributed by atoms with Crippen LogP contribution in [0.1, 0.15) is 105 Å². The molecule has 1 aliphatic rings. The third kappa shape index (κ3) is 17.3. The Labute approximate surface area is 353 Å². The van der Waals surface area contributed by atoms with Crippen LogP contribution in [0.5, 0.6) is 5.75 Å². The molecule has 0 aliphatic carbocycles. The van der Waals surface area contributed by atoms with Crippen molar-refractivity contribution in [2.45, 2.75) is 130 Å². The number of aromatic hydroxyl groups is 1. The average Bonchev–Trinajstić information content (AvgIpc) is 3.69. The van der Waals surface area contributed by atoms with Crippen LogP contribution in [0.3, 0.4) is 0 Å². The molecule has 2 rings (SSSR count). The number of ketones is 4. The van der Waals surface area contributed by atoms with Crippen molar-refractivity contribution in [3.8, 4) is 5.75 Å². The Kier molecular flexibility index (Phi) is 21.2. The van der Waals surface area contributed by atoms with E-state index >= 15 is 0 Å². The van der Waals surface area contributed by atoms with E-state index in [9.17, 15) is 48.6 Å². The molecule has 1 aliphatic heterocycles. The van der Waals surface area contributed by atoms with Crippen molar-refractivity contribution < 1.29 is 48.6 Å². The van der Waals surface area contributed by atoms with Gasteiger partial charge in [-0.05, 0) is 55.7 Å². The van der Waals surface area contributed by atoms with Gasteiger partial charge >= 0.3 is 0 Å². The number of nitrogens with one attached hydrogen (secondary N) is 4. The molecule has 60 heavy (non-hydrogen) atoms. The Hall–Kier alpha value is -5.09. The van der Waals surface area contributed by atoms with Crippen LogP contribution in [-0.2, 0) is 44.8 Å². The number of aliphatic hydroxyl groups excluding tert-OH is 1. The third-order valence-electron chi connectivity index (χ3n) is 10.5. The molecule has 16 heteroatoms. The summed E-state index contributed by atoms with van der Waals surface area (Å²) in [5.74, 6) is -8.63. The number of hydrogen-bond acceptors (Lipinski definition) is 11. The summed E-state index contributed by atoms with van der Waals surface area (Å²) in [4.78, 5) is 110. The molecular weight excluding hydrogens is 773 g/mol. The molecule has 0 radical (unpaired) electrons. The predicted molar refractivity (Wildman–Crippen MR) is 226 cm³/mol. The number of phenols is 1. The van der Waals surface area contributed by atoms with Crippen LogP contribution in [0.2, 0.25) is 0 Å². The molecule has 0 spiro atoms. The van der Waals surface area contributed by atoms with Gasteiger partial charge in [0, 0.05) is 62.3 Å². The highest BCUT2D eigenvalue weighted by Gasteiger charge is 2.35. The smallest absolute Gasteiger partial charge is 0.226 e. The minimum atomic E-state index is -1.31. The zero-order valence-electron chi connectivity index (χ0n) is 36.0. The van der Waals surface area contributed by atoms with Gasteiger partial charge in [-0.1, -0.05) is 71.7 Å². The first-order valence-corrected chi connectivity index (χ1v) is 20.7. The fourth-order valence-corrected chi connectivity index (χ4v) is 6.79. The lowest BCUT2D eigenvalue weighted by Crippen LogP contribution is -2.50. The van der Waals surface area contributed by atoms with E-state index < -0.39 is 102 Å². The number of nitrogens with zero attached hydrogens (tertiary/aromatic N) is 1. The first kappa shape index (κ1) is 51.1. The van der Waals surface area contributed by atoms with E-state index in [1.165, 1.54) is 19.1 Å². The number of aliphatic hydroxyl groups is 1. The van der Waals surface area contributed by atoms with E-state index in [0.717, 1.165) is 5.56 Å². The number of carbonyl (C=O) groups excluding carboxylic acids is 8. The van der Waals surface area contributed by atoms with Gasteiger partial charge in [0.25, 0.3) is 0 Å². The molecule has 0 bridgehead atoms. The Morgan fingerprint density at radius 1 is 0.750 bits per heavy atom. The molecule has 1 heterocycles. The number of aliphatic imine (C=N–C) groups is 1. The Bertz CT molecular complexity index is 1740.